The third-order valence-corrected chi connectivity index (χ3v) is 11.2. The summed E-state index contributed by atoms with van der Waals surface area (Å²) < 4.78 is 88.6. The molecule has 198 valence electrons. The lowest BCUT2D eigenvalue weighted by Gasteiger charge is -2.30. The number of benzene rings is 1. The molecular weight excluding hydrogens is 854 g/mol. The van der Waals surface area contributed by atoms with Gasteiger partial charge in [0.25, 0.3) is 0 Å². The molecule has 1 heterocycles. The van der Waals surface area contributed by atoms with E-state index in [1.165, 1.54) is 0 Å². The molecule has 2 bridgehead atoms. The van der Waals surface area contributed by atoms with Gasteiger partial charge in [0.1, 0.15) is 12.2 Å². The number of carbonyl (C=O) groups excluding carboxylic acids is 3. The van der Waals surface area contributed by atoms with Crippen LogP contribution in [0.15, 0.2) is 12.1 Å². The molecule has 0 aromatic heterocycles. The zero-order chi connectivity index (χ0) is 26.7. The Hall–Kier alpha value is -0.480. The van der Waals surface area contributed by atoms with E-state index in [9.17, 15) is 36.0 Å². The summed E-state index contributed by atoms with van der Waals surface area (Å²) in [7, 11) is -6.00. The number of hydrogen-bond donors (Lipinski definition) is 1. The summed E-state index contributed by atoms with van der Waals surface area (Å²) in [5.41, 5.74) is 0.309. The molecule has 1 saturated heterocycles. The second-order valence-electron chi connectivity index (χ2n) is 8.60. The highest BCUT2D eigenvalue weighted by Gasteiger charge is 2.70. The Balaban J connectivity index is 1.46. The molecule has 2 aliphatic carbocycles. The average Bonchev–Trinajstić information content (AvgIpc) is 3.39. The lowest BCUT2D eigenvalue weighted by Crippen LogP contribution is -2.44. The first-order valence-corrected chi connectivity index (χ1v) is 15.0. The predicted molar refractivity (Wildman–Crippen MR) is 139 cm³/mol. The standard InChI is InChI=1S/C20H16F3I3O9S/c21-11(20(22,23)36(30,31)32)1-2-33-18(28)12-7-5-8-13(12)19(29)35-16(8)15(7)34-17(27)9-3-6(24)4-10(25)14(9)26/h3-4,7-8,11-13,15-16H,1-2,5H2,(H,30,31,32). The number of halogens is 6. The quantitative estimate of drug-likeness (QED) is 0.137. The minimum Gasteiger partial charge on any atom is -0.465 e. The number of alkyl halides is 3. The summed E-state index contributed by atoms with van der Waals surface area (Å²) >= 11 is 6.15. The number of rotatable bonds is 8. The summed E-state index contributed by atoms with van der Waals surface area (Å²) in [6.07, 6.45) is -5.88. The normalized spacial score (nSPS) is 29.7. The number of ether oxygens (including phenoxy) is 3. The van der Waals surface area contributed by atoms with E-state index < -0.39 is 88.4 Å². The first-order chi connectivity index (χ1) is 16.6. The summed E-state index contributed by atoms with van der Waals surface area (Å²) in [5, 5.41) is -5.07. The molecule has 3 fully saturated rings. The fraction of sp³-hybridized carbons (Fsp3) is 0.550. The molecule has 2 saturated carbocycles. The topological polar surface area (TPSA) is 133 Å². The van der Waals surface area contributed by atoms with Crippen LogP contribution in [0.25, 0.3) is 0 Å². The molecular formula is C20H16F3I3O9S. The van der Waals surface area contributed by atoms with Crippen molar-refractivity contribution >= 4 is 95.8 Å². The lowest BCUT2D eigenvalue weighted by molar-refractivity contribution is -0.157. The maximum atomic E-state index is 13.7. The summed E-state index contributed by atoms with van der Waals surface area (Å²) in [6, 6.07) is 3.52. The Morgan fingerprint density at radius 2 is 1.89 bits per heavy atom. The predicted octanol–water partition coefficient (Wildman–Crippen LogP) is 3.59. The monoisotopic (exact) mass is 870 g/mol. The van der Waals surface area contributed by atoms with Crippen molar-refractivity contribution in [3.05, 3.63) is 28.4 Å². The molecule has 4 rings (SSSR count). The Kier molecular flexibility index (Phi) is 8.12. The molecule has 1 aromatic carbocycles. The van der Waals surface area contributed by atoms with Crippen LogP contribution in [0.5, 0.6) is 0 Å². The van der Waals surface area contributed by atoms with Gasteiger partial charge in [0.2, 0.25) is 0 Å². The van der Waals surface area contributed by atoms with Crippen LogP contribution in [0, 0.1) is 34.4 Å². The SMILES string of the molecule is O=C(OC1C2CC3C1OC(=O)C3C2C(=O)OCCC(F)C(F)(F)S(=O)(=O)O)c1cc(I)cc(I)c1I. The molecule has 1 N–H and O–H groups in total. The summed E-state index contributed by atoms with van der Waals surface area (Å²) in [4.78, 5) is 38.2. The molecule has 36 heavy (non-hydrogen) atoms. The van der Waals surface area contributed by atoms with Crippen LogP contribution in [0.4, 0.5) is 13.2 Å². The average molecular weight is 870 g/mol. The molecule has 0 amide bonds. The van der Waals surface area contributed by atoms with E-state index in [2.05, 4.69) is 45.2 Å². The van der Waals surface area contributed by atoms with Crippen LogP contribution in [0.1, 0.15) is 23.2 Å². The number of carbonyl (C=O) groups is 3. The second-order valence-corrected chi connectivity index (χ2v) is 13.6. The molecule has 0 radical (unpaired) electrons. The van der Waals surface area contributed by atoms with Gasteiger partial charge in [0.05, 0.1) is 24.0 Å². The van der Waals surface area contributed by atoms with Gasteiger partial charge in [-0.05, 0) is 86.3 Å². The Bertz CT molecular complexity index is 1230. The minimum atomic E-state index is -6.00. The second kappa shape index (κ2) is 10.2. The third kappa shape index (κ3) is 4.96. The number of esters is 3. The van der Waals surface area contributed by atoms with Crippen molar-refractivity contribution in [2.24, 2.45) is 23.7 Å². The van der Waals surface area contributed by atoms with Crippen LogP contribution in [0.3, 0.4) is 0 Å². The first-order valence-electron chi connectivity index (χ1n) is 10.4. The Labute approximate surface area is 243 Å². The van der Waals surface area contributed by atoms with Gasteiger partial charge in [0, 0.05) is 29.0 Å². The molecule has 16 heteroatoms. The van der Waals surface area contributed by atoms with Crippen LogP contribution >= 0.6 is 67.8 Å². The van der Waals surface area contributed by atoms with E-state index in [-0.39, 0.29) is 0 Å². The van der Waals surface area contributed by atoms with Crippen molar-refractivity contribution in [3.8, 4) is 0 Å². The number of hydrogen-bond acceptors (Lipinski definition) is 8. The van der Waals surface area contributed by atoms with Gasteiger partial charge in [0.15, 0.2) is 6.17 Å². The molecule has 3 aliphatic rings. The number of fused-ring (bicyclic) bond motifs is 1. The van der Waals surface area contributed by atoms with Gasteiger partial charge in [-0.1, -0.05) is 0 Å². The van der Waals surface area contributed by atoms with Crippen LogP contribution in [-0.2, 0) is 33.9 Å². The van der Waals surface area contributed by atoms with Crippen LogP contribution in [0.2, 0.25) is 0 Å². The molecule has 1 aromatic rings. The lowest BCUT2D eigenvalue weighted by atomic mass is 9.78. The van der Waals surface area contributed by atoms with Gasteiger partial charge in [-0.25, -0.2) is 9.18 Å². The third-order valence-electron chi connectivity index (χ3n) is 6.60. The van der Waals surface area contributed by atoms with Crippen molar-refractivity contribution < 1.29 is 54.7 Å². The van der Waals surface area contributed by atoms with Gasteiger partial charge in [-0.15, -0.1) is 0 Å². The molecule has 0 spiro atoms. The zero-order valence-electron chi connectivity index (χ0n) is 17.7. The molecule has 7 atom stereocenters. The maximum Gasteiger partial charge on any atom is 0.400 e. The fourth-order valence-electron chi connectivity index (χ4n) is 5.05. The van der Waals surface area contributed by atoms with Crippen molar-refractivity contribution in [1.29, 1.82) is 0 Å². The Morgan fingerprint density at radius 1 is 1.22 bits per heavy atom. The van der Waals surface area contributed by atoms with Gasteiger partial charge >= 0.3 is 33.3 Å². The van der Waals surface area contributed by atoms with E-state index in [0.717, 1.165) is 7.14 Å². The zero-order valence-corrected chi connectivity index (χ0v) is 25.0. The molecule has 9 nitrogen and oxygen atoms in total. The fourth-order valence-corrected chi connectivity index (χ4v) is 7.87. The first kappa shape index (κ1) is 28.5. The van der Waals surface area contributed by atoms with Crippen LogP contribution < -0.4 is 0 Å². The van der Waals surface area contributed by atoms with Crippen LogP contribution in [-0.4, -0.2) is 61.1 Å². The Morgan fingerprint density at radius 3 is 2.53 bits per heavy atom. The highest BCUT2D eigenvalue weighted by molar-refractivity contribution is 14.1. The van der Waals surface area contributed by atoms with E-state index in [0.29, 0.717) is 15.6 Å². The minimum absolute atomic E-state index is 0.309. The van der Waals surface area contributed by atoms with E-state index in [1.54, 1.807) is 6.07 Å². The molecule has 7 unspecified atom stereocenters. The van der Waals surface area contributed by atoms with Gasteiger partial charge < -0.3 is 14.2 Å². The summed E-state index contributed by atoms with van der Waals surface area (Å²) in [6.45, 7) is -0.923. The van der Waals surface area contributed by atoms with Crippen molar-refractivity contribution in [2.75, 3.05) is 6.61 Å². The van der Waals surface area contributed by atoms with Crippen molar-refractivity contribution in [2.45, 2.75) is 36.5 Å². The van der Waals surface area contributed by atoms with Crippen molar-refractivity contribution in [1.82, 2.24) is 0 Å². The smallest absolute Gasteiger partial charge is 0.400 e. The summed E-state index contributed by atoms with van der Waals surface area (Å²) in [5.74, 6) is -5.36. The van der Waals surface area contributed by atoms with E-state index in [4.69, 9.17) is 18.8 Å². The highest BCUT2D eigenvalue weighted by Crippen LogP contribution is 2.59. The van der Waals surface area contributed by atoms with E-state index in [1.807, 2.05) is 28.7 Å². The van der Waals surface area contributed by atoms with Gasteiger partial charge in [-0.3, -0.25) is 14.1 Å². The van der Waals surface area contributed by atoms with Gasteiger partial charge in [-0.2, -0.15) is 17.2 Å². The van der Waals surface area contributed by atoms with Crippen molar-refractivity contribution in [3.63, 3.8) is 0 Å². The maximum absolute atomic E-state index is 13.7. The highest BCUT2D eigenvalue weighted by atomic mass is 127. The van der Waals surface area contributed by atoms with E-state index >= 15 is 0 Å². The largest absolute Gasteiger partial charge is 0.465 e. The molecule has 1 aliphatic heterocycles.